The van der Waals surface area contributed by atoms with E-state index in [1.807, 2.05) is 42.5 Å². The first-order valence-electron chi connectivity index (χ1n) is 11.9. The average molecular weight is 492 g/mol. The Bertz CT molecular complexity index is 1200. The molecule has 5 nitrogen and oxygen atoms in total. The third-order valence-corrected chi connectivity index (χ3v) is 6.54. The number of rotatable bonds is 10. The number of halogens is 1. The van der Waals surface area contributed by atoms with Crippen molar-refractivity contribution in [3.8, 4) is 5.75 Å². The Labute approximate surface area is 211 Å². The van der Waals surface area contributed by atoms with Crippen LogP contribution in [0.1, 0.15) is 42.0 Å². The fourth-order valence-corrected chi connectivity index (χ4v) is 4.86. The molecule has 1 atom stereocenters. The number of hydrogen-bond donors (Lipinski definition) is 1. The van der Waals surface area contributed by atoms with E-state index in [4.69, 9.17) is 21.4 Å². The second kappa shape index (κ2) is 11.0. The molecule has 0 fully saturated rings. The van der Waals surface area contributed by atoms with Crippen molar-refractivity contribution in [2.24, 2.45) is 0 Å². The Hall–Kier alpha value is -3.31. The maximum atomic E-state index is 13.0. The molecule has 3 aromatic rings. The van der Waals surface area contributed by atoms with Gasteiger partial charge in [0.1, 0.15) is 11.4 Å². The number of carboxylic acids is 1. The van der Waals surface area contributed by atoms with Crippen LogP contribution in [0, 0.1) is 0 Å². The molecule has 35 heavy (non-hydrogen) atoms. The van der Waals surface area contributed by atoms with Crippen LogP contribution in [-0.4, -0.2) is 34.0 Å². The summed E-state index contributed by atoms with van der Waals surface area (Å²) in [6.45, 7) is 2.64. The zero-order chi connectivity index (χ0) is 24.8. The molecule has 0 spiro atoms. The summed E-state index contributed by atoms with van der Waals surface area (Å²) >= 11 is 6.08. The van der Waals surface area contributed by atoms with Crippen LogP contribution >= 0.6 is 11.6 Å². The van der Waals surface area contributed by atoms with E-state index in [2.05, 4.69) is 25.1 Å². The summed E-state index contributed by atoms with van der Waals surface area (Å²) in [5.41, 5.74) is 4.07. The number of nitrogens with zero attached hydrogens (tertiary/aromatic N) is 1. The van der Waals surface area contributed by atoms with Gasteiger partial charge in [0.2, 0.25) is 5.91 Å². The number of carbonyl (C=O) groups is 2. The first-order chi connectivity index (χ1) is 16.8. The van der Waals surface area contributed by atoms with Gasteiger partial charge in [-0.3, -0.25) is 9.59 Å². The lowest BCUT2D eigenvalue weighted by Gasteiger charge is -2.24. The van der Waals surface area contributed by atoms with Gasteiger partial charge >= 0.3 is 5.97 Å². The number of amides is 1. The van der Waals surface area contributed by atoms with Crippen molar-refractivity contribution in [1.29, 1.82) is 0 Å². The number of carboxylic acid groups (broad SMARTS) is 1. The number of ether oxygens (including phenoxy) is 1. The second-order valence-corrected chi connectivity index (χ2v) is 9.86. The highest BCUT2D eigenvalue weighted by molar-refractivity contribution is 6.30. The highest BCUT2D eigenvalue weighted by Gasteiger charge is 2.35. The maximum Gasteiger partial charge on any atom is 0.305 e. The molecule has 6 heteroatoms. The minimum absolute atomic E-state index is 0.0723. The maximum absolute atomic E-state index is 13.0. The van der Waals surface area contributed by atoms with Crippen molar-refractivity contribution in [1.82, 2.24) is 4.90 Å². The van der Waals surface area contributed by atoms with Gasteiger partial charge in [-0.2, -0.15) is 0 Å². The zero-order valence-corrected chi connectivity index (χ0v) is 20.6. The molecule has 0 bridgehead atoms. The summed E-state index contributed by atoms with van der Waals surface area (Å²) in [5.74, 6) is -0.0921. The number of carbonyl (C=O) groups excluding carboxylic acids is 1. The molecule has 3 aromatic carbocycles. The van der Waals surface area contributed by atoms with Gasteiger partial charge in [0, 0.05) is 37.4 Å². The number of aryl methyl sites for hydroxylation is 1. The normalized spacial score (nSPS) is 16.4. The third kappa shape index (κ3) is 6.86. The van der Waals surface area contributed by atoms with Crippen molar-refractivity contribution in [2.75, 3.05) is 6.54 Å². The van der Waals surface area contributed by atoms with Gasteiger partial charge in [0.25, 0.3) is 0 Å². The van der Waals surface area contributed by atoms with Crippen molar-refractivity contribution >= 4 is 23.5 Å². The van der Waals surface area contributed by atoms with Gasteiger partial charge in [-0.05, 0) is 53.8 Å². The molecule has 1 heterocycles. The van der Waals surface area contributed by atoms with Gasteiger partial charge in [-0.15, -0.1) is 0 Å². The second-order valence-electron chi connectivity index (χ2n) is 9.42. The highest BCUT2D eigenvalue weighted by atomic mass is 35.5. The molecule has 1 aliphatic heterocycles. The van der Waals surface area contributed by atoms with E-state index in [0.717, 1.165) is 35.3 Å². The Balaban J connectivity index is 1.38. The average Bonchev–Trinajstić information content (AvgIpc) is 3.15. The highest BCUT2D eigenvalue weighted by Crippen LogP contribution is 2.37. The fourth-order valence-electron chi connectivity index (χ4n) is 4.64. The summed E-state index contributed by atoms with van der Waals surface area (Å²) in [6, 6.07) is 23.8. The van der Waals surface area contributed by atoms with Gasteiger partial charge in [0.05, 0.1) is 6.42 Å². The molecule has 1 amide bonds. The third-order valence-electron chi connectivity index (χ3n) is 6.30. The van der Waals surface area contributed by atoms with E-state index in [1.165, 1.54) is 5.56 Å². The summed E-state index contributed by atoms with van der Waals surface area (Å²) in [6.07, 6.45) is 2.45. The lowest BCUT2D eigenvalue weighted by atomic mass is 9.91. The largest absolute Gasteiger partial charge is 0.487 e. The molecule has 4 rings (SSSR count). The van der Waals surface area contributed by atoms with Crippen molar-refractivity contribution in [3.05, 3.63) is 100 Å². The summed E-state index contributed by atoms with van der Waals surface area (Å²) in [7, 11) is 0. The van der Waals surface area contributed by atoms with E-state index in [9.17, 15) is 9.59 Å². The van der Waals surface area contributed by atoms with Crippen molar-refractivity contribution < 1.29 is 19.4 Å². The Kier molecular flexibility index (Phi) is 7.76. The quantitative estimate of drug-likeness (QED) is 0.394. The molecule has 1 aliphatic rings. The monoisotopic (exact) mass is 491 g/mol. The van der Waals surface area contributed by atoms with Gasteiger partial charge in [0.15, 0.2) is 0 Å². The molecule has 0 saturated heterocycles. The lowest BCUT2D eigenvalue weighted by Crippen LogP contribution is -2.32. The minimum atomic E-state index is -0.925. The van der Waals surface area contributed by atoms with Crippen LogP contribution < -0.4 is 4.74 Å². The van der Waals surface area contributed by atoms with E-state index >= 15 is 0 Å². The molecule has 0 aromatic heterocycles. The van der Waals surface area contributed by atoms with Crippen molar-refractivity contribution in [2.45, 2.75) is 51.2 Å². The van der Waals surface area contributed by atoms with Crippen LogP contribution in [-0.2, 0) is 35.4 Å². The van der Waals surface area contributed by atoms with Crippen LogP contribution in [0.2, 0.25) is 5.02 Å². The van der Waals surface area contributed by atoms with Crippen LogP contribution in [0.15, 0.2) is 72.8 Å². The van der Waals surface area contributed by atoms with Gasteiger partial charge in [-0.25, -0.2) is 0 Å². The molecule has 0 saturated carbocycles. The zero-order valence-electron chi connectivity index (χ0n) is 19.9. The summed E-state index contributed by atoms with van der Waals surface area (Å²) in [5, 5.41) is 9.71. The molecular weight excluding hydrogens is 462 g/mol. The standard InChI is InChI=1S/C29H30ClNO4/c1-29(18-22-6-3-2-4-7-22)19-24-16-21(10-12-26(24)35-29)11-13-27(32)31(15-14-28(33)34)20-23-8-5-9-25(30)17-23/h2-10,12,16-17H,11,13-15,18-20H2,1H3,(H,33,34)/t29-/m0/s1. The van der Waals surface area contributed by atoms with Crippen LogP contribution in [0.4, 0.5) is 0 Å². The van der Waals surface area contributed by atoms with E-state index < -0.39 is 5.97 Å². The molecule has 0 aliphatic carbocycles. The topological polar surface area (TPSA) is 66.8 Å². The van der Waals surface area contributed by atoms with Crippen LogP contribution in [0.5, 0.6) is 5.75 Å². The molecule has 0 unspecified atom stereocenters. The Morgan fingerprint density at radius 1 is 0.971 bits per heavy atom. The lowest BCUT2D eigenvalue weighted by molar-refractivity contribution is -0.138. The van der Waals surface area contributed by atoms with Crippen LogP contribution in [0.3, 0.4) is 0 Å². The SMILES string of the molecule is C[C@]1(Cc2ccccc2)Cc2cc(CCC(=O)N(CCC(=O)O)Cc3cccc(Cl)c3)ccc2O1. The number of hydrogen-bond acceptors (Lipinski definition) is 3. The molecule has 182 valence electrons. The summed E-state index contributed by atoms with van der Waals surface area (Å²) in [4.78, 5) is 25.8. The number of fused-ring (bicyclic) bond motifs is 1. The minimum Gasteiger partial charge on any atom is -0.487 e. The predicted molar refractivity (Wildman–Crippen MR) is 137 cm³/mol. The van der Waals surface area contributed by atoms with Crippen LogP contribution in [0.25, 0.3) is 0 Å². The number of benzene rings is 3. The Morgan fingerprint density at radius 3 is 2.49 bits per heavy atom. The van der Waals surface area contributed by atoms with Gasteiger partial charge in [-0.1, -0.05) is 66.2 Å². The van der Waals surface area contributed by atoms with Crippen molar-refractivity contribution in [3.63, 3.8) is 0 Å². The van der Waals surface area contributed by atoms with E-state index in [1.54, 1.807) is 17.0 Å². The molecule has 0 radical (unpaired) electrons. The first kappa shape index (κ1) is 24.8. The summed E-state index contributed by atoms with van der Waals surface area (Å²) < 4.78 is 6.31. The smallest absolute Gasteiger partial charge is 0.305 e. The van der Waals surface area contributed by atoms with Gasteiger partial charge < -0.3 is 14.7 Å². The van der Waals surface area contributed by atoms with E-state index in [-0.39, 0.29) is 24.5 Å². The molecule has 1 N–H and O–H groups in total. The fraction of sp³-hybridized carbons (Fsp3) is 0.310. The first-order valence-corrected chi connectivity index (χ1v) is 12.3. The number of aliphatic carboxylic acids is 1. The van der Waals surface area contributed by atoms with E-state index in [0.29, 0.717) is 24.4 Å². The Morgan fingerprint density at radius 2 is 1.74 bits per heavy atom. The predicted octanol–water partition coefficient (Wildman–Crippen LogP) is 5.71. The molecular formula is C29H30ClNO4.